The number of anilines is 1. The molecule has 0 aliphatic rings. The second-order valence-corrected chi connectivity index (χ2v) is 7.50. The fraction of sp³-hybridized carbons (Fsp3) is 0.182. The predicted octanol–water partition coefficient (Wildman–Crippen LogP) is 5.26. The molecule has 1 aromatic heterocycles. The molecule has 5 nitrogen and oxygen atoms in total. The standard InChI is InChI=1S/C22H19Cl2FN2O3/c1-2-30-22(29)19-18(26-21(28)20(23)24)17(15-9-6-10-16(25)11-15)13-27(19)12-14-7-4-3-5-8-14/h3-11,13,20H,2,12H2,1H3,(H,26,28). The summed E-state index contributed by atoms with van der Waals surface area (Å²) < 4.78 is 20.7. The average molecular weight is 449 g/mol. The highest BCUT2D eigenvalue weighted by atomic mass is 35.5. The number of rotatable bonds is 7. The molecule has 3 aromatic rings. The molecule has 0 bridgehead atoms. The minimum atomic E-state index is -1.35. The number of nitrogens with zero attached hydrogens (tertiary/aromatic N) is 1. The van der Waals surface area contributed by atoms with Crippen LogP contribution >= 0.6 is 23.2 Å². The molecule has 0 saturated carbocycles. The number of amides is 1. The summed E-state index contributed by atoms with van der Waals surface area (Å²) in [5, 5.41) is 2.60. The van der Waals surface area contributed by atoms with Crippen LogP contribution in [0.3, 0.4) is 0 Å². The molecular formula is C22H19Cl2FN2O3. The highest BCUT2D eigenvalue weighted by Crippen LogP contribution is 2.35. The van der Waals surface area contributed by atoms with Crippen molar-refractivity contribution in [2.75, 3.05) is 11.9 Å². The van der Waals surface area contributed by atoms with Gasteiger partial charge in [0.2, 0.25) is 0 Å². The van der Waals surface area contributed by atoms with Crippen molar-refractivity contribution in [1.82, 2.24) is 4.57 Å². The third kappa shape index (κ3) is 5.01. The van der Waals surface area contributed by atoms with Gasteiger partial charge in [-0.3, -0.25) is 4.79 Å². The summed E-state index contributed by atoms with van der Waals surface area (Å²) in [5.74, 6) is -1.79. The van der Waals surface area contributed by atoms with Crippen LogP contribution in [0, 0.1) is 5.82 Å². The van der Waals surface area contributed by atoms with Crippen molar-refractivity contribution in [2.24, 2.45) is 0 Å². The molecule has 1 heterocycles. The lowest BCUT2D eigenvalue weighted by atomic mass is 10.1. The van der Waals surface area contributed by atoms with Crippen LogP contribution in [-0.2, 0) is 16.1 Å². The van der Waals surface area contributed by atoms with Gasteiger partial charge in [-0.05, 0) is 30.2 Å². The van der Waals surface area contributed by atoms with Gasteiger partial charge < -0.3 is 14.6 Å². The molecule has 0 saturated heterocycles. The summed E-state index contributed by atoms with van der Waals surface area (Å²) in [5.41, 5.74) is 2.11. The summed E-state index contributed by atoms with van der Waals surface area (Å²) in [6, 6.07) is 15.3. The lowest BCUT2D eigenvalue weighted by Crippen LogP contribution is -2.22. The topological polar surface area (TPSA) is 60.3 Å². The van der Waals surface area contributed by atoms with E-state index in [1.165, 1.54) is 12.1 Å². The molecule has 0 fully saturated rings. The van der Waals surface area contributed by atoms with Crippen molar-refractivity contribution in [3.63, 3.8) is 0 Å². The average Bonchev–Trinajstić information content (AvgIpc) is 3.06. The molecule has 0 radical (unpaired) electrons. The first-order valence-electron chi connectivity index (χ1n) is 9.19. The molecule has 1 amide bonds. The van der Waals surface area contributed by atoms with Crippen LogP contribution in [-0.4, -0.2) is 27.9 Å². The van der Waals surface area contributed by atoms with Crippen molar-refractivity contribution in [2.45, 2.75) is 18.3 Å². The molecule has 2 aromatic carbocycles. The van der Waals surface area contributed by atoms with E-state index in [4.69, 9.17) is 27.9 Å². The number of nitrogens with one attached hydrogen (secondary N) is 1. The van der Waals surface area contributed by atoms with Gasteiger partial charge in [-0.2, -0.15) is 0 Å². The lowest BCUT2D eigenvalue weighted by Gasteiger charge is -2.12. The minimum Gasteiger partial charge on any atom is -0.461 e. The molecule has 3 rings (SSSR count). The van der Waals surface area contributed by atoms with Crippen LogP contribution in [0.15, 0.2) is 60.8 Å². The highest BCUT2D eigenvalue weighted by Gasteiger charge is 2.27. The Morgan fingerprint density at radius 1 is 1.13 bits per heavy atom. The smallest absolute Gasteiger partial charge is 0.357 e. The second-order valence-electron chi connectivity index (χ2n) is 6.40. The van der Waals surface area contributed by atoms with Crippen LogP contribution < -0.4 is 5.32 Å². The first-order chi connectivity index (χ1) is 14.4. The Labute approximate surface area is 183 Å². The quantitative estimate of drug-likeness (QED) is 0.396. The van der Waals surface area contributed by atoms with Gasteiger partial charge in [0.25, 0.3) is 5.91 Å². The fourth-order valence-corrected chi connectivity index (χ4v) is 3.17. The summed E-state index contributed by atoms with van der Waals surface area (Å²) in [4.78, 5) is 23.7. The van der Waals surface area contributed by atoms with Crippen LogP contribution in [0.1, 0.15) is 23.0 Å². The third-order valence-electron chi connectivity index (χ3n) is 4.32. The zero-order valence-corrected chi connectivity index (χ0v) is 17.6. The fourth-order valence-electron chi connectivity index (χ4n) is 3.06. The summed E-state index contributed by atoms with van der Waals surface area (Å²) in [6.45, 7) is 2.16. The number of halogens is 3. The van der Waals surface area contributed by atoms with Gasteiger partial charge in [0.1, 0.15) is 5.82 Å². The van der Waals surface area contributed by atoms with Crippen molar-refractivity contribution in [3.8, 4) is 11.1 Å². The summed E-state index contributed by atoms with van der Waals surface area (Å²) >= 11 is 11.4. The zero-order valence-electron chi connectivity index (χ0n) is 16.1. The molecule has 8 heteroatoms. The van der Waals surface area contributed by atoms with E-state index in [1.54, 1.807) is 29.8 Å². The number of ether oxygens (including phenoxy) is 1. The number of carbonyl (C=O) groups is 2. The Kier molecular flexibility index (Phi) is 7.13. The van der Waals surface area contributed by atoms with Gasteiger partial charge in [-0.1, -0.05) is 65.7 Å². The van der Waals surface area contributed by atoms with E-state index in [1.807, 2.05) is 30.3 Å². The van der Waals surface area contributed by atoms with E-state index in [0.717, 1.165) is 5.56 Å². The molecule has 156 valence electrons. The minimum absolute atomic E-state index is 0.113. The van der Waals surface area contributed by atoms with Crippen molar-refractivity contribution in [1.29, 1.82) is 0 Å². The normalized spacial score (nSPS) is 10.8. The van der Waals surface area contributed by atoms with E-state index >= 15 is 0 Å². The lowest BCUT2D eigenvalue weighted by molar-refractivity contribution is -0.114. The number of alkyl halides is 2. The third-order valence-corrected chi connectivity index (χ3v) is 4.72. The zero-order chi connectivity index (χ0) is 21.7. The Balaban J connectivity index is 2.20. The van der Waals surface area contributed by atoms with Crippen LogP contribution in [0.4, 0.5) is 10.1 Å². The molecule has 0 spiro atoms. The predicted molar refractivity (Wildman–Crippen MR) is 115 cm³/mol. The van der Waals surface area contributed by atoms with E-state index < -0.39 is 22.5 Å². The van der Waals surface area contributed by atoms with Gasteiger partial charge in [0.05, 0.1) is 12.3 Å². The number of hydrogen-bond donors (Lipinski definition) is 1. The number of aromatic nitrogens is 1. The number of benzene rings is 2. The molecule has 30 heavy (non-hydrogen) atoms. The SMILES string of the molecule is CCOC(=O)c1c(NC(=O)C(Cl)Cl)c(-c2cccc(F)c2)cn1Cc1ccccc1. The number of carbonyl (C=O) groups excluding carboxylic acids is 2. The molecule has 0 aliphatic carbocycles. The highest BCUT2D eigenvalue weighted by molar-refractivity contribution is 6.54. The van der Waals surface area contributed by atoms with Gasteiger partial charge in [0, 0.05) is 18.3 Å². The van der Waals surface area contributed by atoms with Crippen LogP contribution in [0.2, 0.25) is 0 Å². The van der Waals surface area contributed by atoms with E-state index in [0.29, 0.717) is 17.7 Å². The van der Waals surface area contributed by atoms with Crippen molar-refractivity contribution < 1.29 is 18.7 Å². The Hall–Kier alpha value is -2.83. The summed E-state index contributed by atoms with van der Waals surface area (Å²) in [6.07, 6.45) is 1.67. The van der Waals surface area contributed by atoms with Crippen molar-refractivity contribution in [3.05, 3.63) is 77.9 Å². The van der Waals surface area contributed by atoms with Crippen LogP contribution in [0.25, 0.3) is 11.1 Å². The molecule has 0 unspecified atom stereocenters. The maximum atomic E-state index is 13.9. The number of hydrogen-bond acceptors (Lipinski definition) is 3. The maximum absolute atomic E-state index is 13.9. The molecule has 0 atom stereocenters. The van der Waals surface area contributed by atoms with Crippen LogP contribution in [0.5, 0.6) is 0 Å². The van der Waals surface area contributed by atoms with E-state index in [9.17, 15) is 14.0 Å². The summed E-state index contributed by atoms with van der Waals surface area (Å²) in [7, 11) is 0. The van der Waals surface area contributed by atoms with Gasteiger partial charge in [-0.15, -0.1) is 0 Å². The second kappa shape index (κ2) is 9.78. The Morgan fingerprint density at radius 2 is 1.87 bits per heavy atom. The molecule has 1 N–H and O–H groups in total. The largest absolute Gasteiger partial charge is 0.461 e. The van der Waals surface area contributed by atoms with Gasteiger partial charge >= 0.3 is 5.97 Å². The Bertz CT molecular complexity index is 1050. The number of esters is 1. The molecular weight excluding hydrogens is 430 g/mol. The first-order valence-corrected chi connectivity index (χ1v) is 10.1. The van der Waals surface area contributed by atoms with Crippen molar-refractivity contribution >= 4 is 40.8 Å². The first kappa shape index (κ1) is 21.9. The molecule has 0 aliphatic heterocycles. The Morgan fingerprint density at radius 3 is 2.50 bits per heavy atom. The van der Waals surface area contributed by atoms with E-state index in [-0.39, 0.29) is 18.0 Å². The van der Waals surface area contributed by atoms with E-state index in [2.05, 4.69) is 5.32 Å². The van der Waals surface area contributed by atoms with Gasteiger partial charge in [0.15, 0.2) is 10.5 Å². The monoisotopic (exact) mass is 448 g/mol. The van der Waals surface area contributed by atoms with Gasteiger partial charge in [-0.25, -0.2) is 9.18 Å². The maximum Gasteiger partial charge on any atom is 0.357 e.